The van der Waals surface area contributed by atoms with Gasteiger partial charge in [0.2, 0.25) is 5.91 Å². The zero-order chi connectivity index (χ0) is 21.6. The Hall–Kier alpha value is -2.13. The van der Waals surface area contributed by atoms with Gasteiger partial charge >= 0.3 is 0 Å². The van der Waals surface area contributed by atoms with Crippen LogP contribution in [-0.2, 0) is 4.79 Å². The Kier molecular flexibility index (Phi) is 8.45. The van der Waals surface area contributed by atoms with Gasteiger partial charge in [0.25, 0.3) is 11.8 Å². The van der Waals surface area contributed by atoms with Crippen LogP contribution in [0, 0.1) is 0 Å². The van der Waals surface area contributed by atoms with Crippen molar-refractivity contribution in [2.24, 2.45) is 5.84 Å². The van der Waals surface area contributed by atoms with Gasteiger partial charge in [-0.1, -0.05) is 38.8 Å². The molecule has 2 aromatic rings. The molecule has 0 spiro atoms. The van der Waals surface area contributed by atoms with Gasteiger partial charge in [-0.05, 0) is 30.0 Å². The maximum Gasteiger partial charge on any atom is 0.261 e. The van der Waals surface area contributed by atoms with Crippen molar-refractivity contribution in [1.82, 2.24) is 9.31 Å². The van der Waals surface area contributed by atoms with Crippen molar-refractivity contribution in [3.05, 3.63) is 41.5 Å². The molecule has 9 heteroatoms. The van der Waals surface area contributed by atoms with Crippen LogP contribution in [0.2, 0.25) is 0 Å². The topological polar surface area (TPSA) is 95.7 Å². The van der Waals surface area contributed by atoms with Crippen LogP contribution in [0.25, 0.3) is 10.8 Å². The van der Waals surface area contributed by atoms with Crippen LogP contribution in [-0.4, -0.2) is 46.0 Å². The molecule has 1 aliphatic heterocycles. The summed E-state index contributed by atoms with van der Waals surface area (Å²) in [5, 5.41) is 4.10. The van der Waals surface area contributed by atoms with E-state index in [4.69, 9.17) is 17.4 Å². The highest BCUT2D eigenvalue weighted by atomic mass is 35.5. The third-order valence-corrected chi connectivity index (χ3v) is 4.77. The average molecular weight is 437 g/mol. The van der Waals surface area contributed by atoms with Crippen LogP contribution < -0.4 is 11.2 Å². The number of carbonyl (C=O) groups excluding carboxylic acids is 3. The average Bonchev–Trinajstić information content (AvgIpc) is 2.71. The zero-order valence-corrected chi connectivity index (χ0v) is 18.1. The maximum absolute atomic E-state index is 12.9. The van der Waals surface area contributed by atoms with Crippen molar-refractivity contribution in [2.75, 3.05) is 24.3 Å². The molecule has 0 saturated heterocycles. The summed E-state index contributed by atoms with van der Waals surface area (Å²) in [5.41, 5.74) is 1.33. The highest BCUT2D eigenvalue weighted by Gasteiger charge is 2.33. The van der Waals surface area contributed by atoms with Crippen molar-refractivity contribution < 1.29 is 14.4 Å². The lowest BCUT2D eigenvalue weighted by Crippen LogP contribution is -2.44. The smallest absolute Gasteiger partial charge is 0.261 e. The number of halogens is 1. The molecule has 1 aliphatic rings. The standard InChI is InChI=1S/C18H19ClN4O3S.C2H6/c19-6-2-5-15(24)21-12-9-11-3-1-4-13-16(11)14(10-12)18(26)22(17(13)25)7-8-23(20)27;1-2/h1,3-4,9-10,27H,2,5-8,20H2,(H,21,24);1-2H3. The summed E-state index contributed by atoms with van der Waals surface area (Å²) < 4.78 is 1.12. The van der Waals surface area contributed by atoms with Crippen molar-refractivity contribution in [3.63, 3.8) is 0 Å². The van der Waals surface area contributed by atoms with Crippen LogP contribution in [0.15, 0.2) is 30.3 Å². The third kappa shape index (κ3) is 5.27. The minimum absolute atomic E-state index is 0.111. The van der Waals surface area contributed by atoms with E-state index < -0.39 is 5.91 Å². The molecule has 0 aromatic heterocycles. The van der Waals surface area contributed by atoms with Gasteiger partial charge < -0.3 is 5.32 Å². The number of hydrazine groups is 1. The Bertz CT molecular complexity index is 920. The van der Waals surface area contributed by atoms with Crippen LogP contribution in [0.3, 0.4) is 0 Å². The molecular weight excluding hydrogens is 412 g/mol. The largest absolute Gasteiger partial charge is 0.326 e. The molecule has 0 fully saturated rings. The Balaban J connectivity index is 0.00000145. The van der Waals surface area contributed by atoms with E-state index >= 15 is 0 Å². The quantitative estimate of drug-likeness (QED) is 0.203. The van der Waals surface area contributed by atoms with Crippen LogP contribution >= 0.6 is 24.4 Å². The molecule has 156 valence electrons. The van der Waals surface area contributed by atoms with E-state index in [1.165, 1.54) is 0 Å². The third-order valence-electron chi connectivity index (χ3n) is 4.30. The first-order valence-electron chi connectivity index (χ1n) is 9.42. The minimum Gasteiger partial charge on any atom is -0.326 e. The Labute approximate surface area is 180 Å². The second kappa shape index (κ2) is 10.6. The SMILES string of the molecule is CC.NN(S)CCN1C(=O)c2cccc3cc(NC(=O)CCCCl)cc(c23)C1=O. The summed E-state index contributed by atoms with van der Waals surface area (Å²) in [7, 11) is 0. The summed E-state index contributed by atoms with van der Waals surface area (Å²) in [6.45, 7) is 4.33. The number of hydrogen-bond donors (Lipinski definition) is 3. The highest BCUT2D eigenvalue weighted by Crippen LogP contribution is 2.32. The molecule has 0 bridgehead atoms. The molecule has 0 atom stereocenters. The molecule has 29 heavy (non-hydrogen) atoms. The maximum atomic E-state index is 12.9. The second-order valence-electron chi connectivity index (χ2n) is 6.19. The molecule has 7 nitrogen and oxygen atoms in total. The van der Waals surface area contributed by atoms with Gasteiger partial charge in [-0.15, -0.1) is 11.6 Å². The molecule has 3 amide bonds. The summed E-state index contributed by atoms with van der Waals surface area (Å²) in [6, 6.07) is 8.61. The van der Waals surface area contributed by atoms with Gasteiger partial charge in [0.1, 0.15) is 0 Å². The number of anilines is 1. The zero-order valence-electron chi connectivity index (χ0n) is 16.4. The van der Waals surface area contributed by atoms with E-state index in [1.54, 1.807) is 24.3 Å². The van der Waals surface area contributed by atoms with Gasteiger partial charge in [0.15, 0.2) is 0 Å². The van der Waals surface area contributed by atoms with E-state index in [9.17, 15) is 14.4 Å². The molecule has 0 unspecified atom stereocenters. The lowest BCUT2D eigenvalue weighted by molar-refractivity contribution is -0.116. The van der Waals surface area contributed by atoms with Crippen LogP contribution in [0.4, 0.5) is 5.69 Å². The fourth-order valence-corrected chi connectivity index (χ4v) is 3.31. The lowest BCUT2D eigenvalue weighted by Gasteiger charge is -2.28. The predicted molar refractivity (Wildman–Crippen MR) is 119 cm³/mol. The number of carbonyl (C=O) groups is 3. The minimum atomic E-state index is -0.421. The Morgan fingerprint density at radius 2 is 1.90 bits per heavy atom. The fraction of sp³-hybridized carbons (Fsp3) is 0.350. The number of rotatable bonds is 7. The number of nitrogens with one attached hydrogen (secondary N) is 1. The molecule has 1 heterocycles. The number of nitrogens with two attached hydrogens (primary N) is 1. The number of imide groups is 1. The fourth-order valence-electron chi connectivity index (χ4n) is 3.09. The van der Waals surface area contributed by atoms with Gasteiger partial charge in [-0.3, -0.25) is 25.1 Å². The molecule has 0 saturated carbocycles. The van der Waals surface area contributed by atoms with Crippen molar-refractivity contribution in [3.8, 4) is 0 Å². The number of nitrogens with zero attached hydrogens (tertiary/aromatic N) is 2. The van der Waals surface area contributed by atoms with Crippen molar-refractivity contribution in [1.29, 1.82) is 0 Å². The van der Waals surface area contributed by atoms with E-state index in [0.29, 0.717) is 46.3 Å². The molecule has 0 aliphatic carbocycles. The molecule has 0 radical (unpaired) electrons. The van der Waals surface area contributed by atoms with E-state index in [0.717, 1.165) is 9.31 Å². The monoisotopic (exact) mass is 436 g/mol. The highest BCUT2D eigenvalue weighted by molar-refractivity contribution is 7.77. The first-order chi connectivity index (χ1) is 13.9. The van der Waals surface area contributed by atoms with Gasteiger partial charge in [0.05, 0.1) is 5.56 Å². The number of amides is 3. The van der Waals surface area contributed by atoms with Crippen LogP contribution in [0.1, 0.15) is 47.4 Å². The molecule has 3 rings (SSSR count). The van der Waals surface area contributed by atoms with Gasteiger partial charge in [0, 0.05) is 42.0 Å². The Morgan fingerprint density at radius 3 is 2.55 bits per heavy atom. The van der Waals surface area contributed by atoms with E-state index in [1.807, 2.05) is 19.9 Å². The molecular formula is C20H25ClN4O3S. The molecule has 2 aromatic carbocycles. The number of benzene rings is 2. The Morgan fingerprint density at radius 1 is 1.21 bits per heavy atom. The summed E-state index contributed by atoms with van der Waals surface area (Å²) in [6.07, 6.45) is 0.863. The van der Waals surface area contributed by atoms with Gasteiger partial charge in [-0.2, -0.15) is 4.41 Å². The first kappa shape index (κ1) is 23.2. The second-order valence-corrected chi connectivity index (χ2v) is 7.08. The molecule has 3 N–H and O–H groups in total. The number of alkyl halides is 1. The summed E-state index contributed by atoms with van der Waals surface area (Å²) >= 11 is 9.57. The number of hydrogen-bond acceptors (Lipinski definition) is 6. The first-order valence-corrected chi connectivity index (χ1v) is 10.4. The summed E-state index contributed by atoms with van der Waals surface area (Å²) in [5.74, 6) is 4.92. The number of thiol groups is 1. The summed E-state index contributed by atoms with van der Waals surface area (Å²) in [4.78, 5) is 38.8. The van der Waals surface area contributed by atoms with Crippen LogP contribution in [0.5, 0.6) is 0 Å². The van der Waals surface area contributed by atoms with E-state index in [2.05, 4.69) is 18.1 Å². The van der Waals surface area contributed by atoms with Gasteiger partial charge in [-0.25, -0.2) is 0 Å². The van der Waals surface area contributed by atoms with Crippen molar-refractivity contribution in [2.45, 2.75) is 26.7 Å². The lowest BCUT2D eigenvalue weighted by atomic mass is 9.93. The van der Waals surface area contributed by atoms with E-state index in [-0.39, 0.29) is 24.9 Å². The normalized spacial score (nSPS) is 12.8. The van der Waals surface area contributed by atoms with Crippen molar-refractivity contribution >= 4 is 58.6 Å². The predicted octanol–water partition coefficient (Wildman–Crippen LogP) is 3.44.